The Morgan fingerprint density at radius 1 is 0.432 bits per heavy atom. The van der Waals surface area contributed by atoms with E-state index >= 15 is 0 Å². The minimum absolute atomic E-state index is 0.569. The van der Waals surface area contributed by atoms with Crippen molar-refractivity contribution in [2.24, 2.45) is 0 Å². The molecule has 0 spiro atoms. The molecule has 0 radical (unpaired) electrons. The highest BCUT2D eigenvalue weighted by molar-refractivity contribution is 7.83. The Kier molecular flexibility index (Phi) is 24.6. The molecule has 0 rings (SSSR count). The van der Waals surface area contributed by atoms with Crippen LogP contribution >= 0.6 is 0 Å². The minimum Gasteiger partial charge on any atom is -0.425 e. The molecule has 0 amide bonds. The van der Waals surface area contributed by atoms with Gasteiger partial charge in [0.15, 0.2) is 0 Å². The third-order valence-electron chi connectivity index (χ3n) is 4.51. The average Bonchev–Trinajstić information content (AvgIpc) is 2.82. The molecular formula is C24H52O8Si5. The second-order valence-electron chi connectivity index (χ2n) is 9.75. The summed E-state index contributed by atoms with van der Waals surface area (Å²) in [5, 5.41) is 0. The fraction of sp³-hybridized carbons (Fsp3) is 0.667. The van der Waals surface area contributed by atoms with Crippen molar-refractivity contribution in [2.75, 3.05) is 79.3 Å². The van der Waals surface area contributed by atoms with Gasteiger partial charge >= 0.3 is 0 Å². The van der Waals surface area contributed by atoms with Gasteiger partial charge in [-0.3, -0.25) is 0 Å². The Bertz CT molecular complexity index is 541. The molecule has 0 atom stereocenters. The lowest BCUT2D eigenvalue weighted by atomic mass is 10.4. The molecule has 0 aliphatic rings. The summed E-state index contributed by atoms with van der Waals surface area (Å²) in [6.07, 6.45) is -1.75. The van der Waals surface area contributed by atoms with E-state index in [1.807, 2.05) is 27.7 Å². The van der Waals surface area contributed by atoms with E-state index in [0.29, 0.717) is 79.3 Å². The number of hydrogen-bond donors (Lipinski definition) is 0. The van der Waals surface area contributed by atoms with Crippen LogP contribution in [0.15, 0.2) is 48.6 Å². The maximum absolute atomic E-state index is 6.29. The van der Waals surface area contributed by atoms with Crippen LogP contribution in [0.25, 0.3) is 0 Å². The van der Waals surface area contributed by atoms with Crippen molar-refractivity contribution in [3.63, 3.8) is 0 Å². The Hall–Kier alpha value is -0.276. The third kappa shape index (κ3) is 25.7. The van der Waals surface area contributed by atoms with Gasteiger partial charge in [-0.05, 0) is 27.7 Å². The van der Waals surface area contributed by atoms with Crippen LogP contribution in [0.3, 0.4) is 0 Å². The molecule has 0 aromatic rings. The predicted octanol–water partition coefficient (Wildman–Crippen LogP) is 0.194. The summed E-state index contributed by atoms with van der Waals surface area (Å²) in [4.78, 5) is 0. The molecule has 0 saturated carbocycles. The topological polar surface area (TPSA) is 73.8 Å². The summed E-state index contributed by atoms with van der Waals surface area (Å²) in [5.74, 6) is 0. The monoisotopic (exact) mass is 608 g/mol. The van der Waals surface area contributed by atoms with Gasteiger partial charge in [-0.1, -0.05) is 48.6 Å². The standard InChI is InChI=1S/C24H52O8Si5/c1-21(2)17-25-9-13-29-33-37(34-30-14-10-26-18-22(3)4,35-31-15-11-27-19-23(5)6)36-32-16-12-28-20-24(7)8/h1,3,5,7,9-20,33-36H2,2,4,6,8H3. The normalized spacial score (nSPS) is 14.2. The van der Waals surface area contributed by atoms with Crippen molar-refractivity contribution < 1.29 is 36.7 Å². The van der Waals surface area contributed by atoms with Crippen LogP contribution in [0, 0.1) is 0 Å². The average molecular weight is 609 g/mol. The van der Waals surface area contributed by atoms with E-state index in [9.17, 15) is 0 Å². The summed E-state index contributed by atoms with van der Waals surface area (Å²) in [7, 11) is -3.22. The lowest BCUT2D eigenvalue weighted by Crippen LogP contribution is -2.64. The highest BCUT2D eigenvalue weighted by atomic mass is 30.1. The zero-order valence-electron chi connectivity index (χ0n) is 23.9. The van der Waals surface area contributed by atoms with E-state index < -0.39 is 43.3 Å². The molecule has 8 nitrogen and oxygen atoms in total. The van der Waals surface area contributed by atoms with Gasteiger partial charge in [-0.25, -0.2) is 0 Å². The first kappa shape index (κ1) is 36.7. The molecule has 0 heterocycles. The van der Waals surface area contributed by atoms with Gasteiger partial charge in [0.05, 0.1) is 79.3 Å². The first-order valence-electron chi connectivity index (χ1n) is 12.9. The molecule has 216 valence electrons. The summed E-state index contributed by atoms with van der Waals surface area (Å²) in [6, 6.07) is 0. The van der Waals surface area contributed by atoms with E-state index in [-0.39, 0.29) is 0 Å². The van der Waals surface area contributed by atoms with E-state index in [1.165, 1.54) is 0 Å². The molecular weight excluding hydrogens is 557 g/mol. The molecule has 0 fully saturated rings. The highest BCUT2D eigenvalue weighted by Crippen LogP contribution is 2.02. The molecule has 37 heavy (non-hydrogen) atoms. The van der Waals surface area contributed by atoms with E-state index in [0.717, 1.165) is 22.3 Å². The van der Waals surface area contributed by atoms with Gasteiger partial charge in [0.2, 0.25) is 0 Å². The smallest absolute Gasteiger partial charge is 0.150 e. The summed E-state index contributed by atoms with van der Waals surface area (Å²) < 4.78 is 47.7. The lowest BCUT2D eigenvalue weighted by Gasteiger charge is -2.29. The van der Waals surface area contributed by atoms with Crippen LogP contribution in [0.1, 0.15) is 27.7 Å². The van der Waals surface area contributed by atoms with E-state index in [1.54, 1.807) is 0 Å². The predicted molar refractivity (Wildman–Crippen MR) is 166 cm³/mol. The summed E-state index contributed by atoms with van der Waals surface area (Å²) in [5.41, 5.74) is 4.06. The first-order valence-corrected chi connectivity index (χ1v) is 26.5. The zero-order valence-corrected chi connectivity index (χ0v) is 30.6. The van der Waals surface area contributed by atoms with Crippen LogP contribution in [-0.2, 0) is 36.7 Å². The second kappa shape index (κ2) is 24.7. The Labute approximate surface area is 235 Å². The number of ether oxygens (including phenoxy) is 4. The van der Waals surface area contributed by atoms with Crippen molar-refractivity contribution >= 4 is 43.3 Å². The van der Waals surface area contributed by atoms with Crippen molar-refractivity contribution in [1.29, 1.82) is 0 Å². The van der Waals surface area contributed by atoms with Crippen molar-refractivity contribution in [3.8, 4) is 0 Å². The fourth-order valence-electron chi connectivity index (χ4n) is 2.86. The summed E-state index contributed by atoms with van der Waals surface area (Å²) >= 11 is 0. The molecule has 0 saturated heterocycles. The quantitative estimate of drug-likeness (QED) is 0.0709. The van der Waals surface area contributed by atoms with Gasteiger partial charge in [0.25, 0.3) is 0 Å². The number of rotatable bonds is 28. The largest absolute Gasteiger partial charge is 0.425 e. The molecule has 0 aromatic carbocycles. The van der Waals surface area contributed by atoms with E-state index in [2.05, 4.69) is 26.3 Å². The molecule has 13 heteroatoms. The van der Waals surface area contributed by atoms with Crippen molar-refractivity contribution in [3.05, 3.63) is 48.6 Å². The molecule has 0 bridgehead atoms. The number of hydrogen-bond acceptors (Lipinski definition) is 8. The highest BCUT2D eigenvalue weighted by Gasteiger charge is 2.38. The van der Waals surface area contributed by atoms with Crippen molar-refractivity contribution in [1.82, 2.24) is 0 Å². The Morgan fingerprint density at radius 2 is 0.649 bits per heavy atom. The summed E-state index contributed by atoms with van der Waals surface area (Å²) in [6.45, 7) is 30.4. The molecule has 0 N–H and O–H groups in total. The minimum atomic E-state index is -1.75. The zero-order chi connectivity index (χ0) is 27.8. The molecule has 0 aliphatic carbocycles. The van der Waals surface area contributed by atoms with Gasteiger partial charge in [-0.15, -0.1) is 0 Å². The van der Waals surface area contributed by atoms with Crippen LogP contribution in [0.5, 0.6) is 0 Å². The van der Waals surface area contributed by atoms with Gasteiger partial charge in [-0.2, -0.15) is 0 Å². The molecule has 0 aliphatic heterocycles. The lowest BCUT2D eigenvalue weighted by molar-refractivity contribution is 0.117. The van der Waals surface area contributed by atoms with Gasteiger partial charge in [0.1, 0.15) is 43.3 Å². The van der Waals surface area contributed by atoms with Gasteiger partial charge < -0.3 is 36.7 Å². The Morgan fingerprint density at radius 3 is 0.838 bits per heavy atom. The first-order chi connectivity index (χ1) is 17.7. The van der Waals surface area contributed by atoms with Crippen molar-refractivity contribution in [2.45, 2.75) is 27.7 Å². The fourth-order valence-corrected chi connectivity index (χ4v) is 34.7. The maximum atomic E-state index is 6.29. The van der Waals surface area contributed by atoms with Crippen LogP contribution in [0.4, 0.5) is 0 Å². The van der Waals surface area contributed by atoms with E-state index in [4.69, 9.17) is 36.7 Å². The van der Waals surface area contributed by atoms with Crippen LogP contribution in [0.2, 0.25) is 0 Å². The molecule has 0 unspecified atom stereocenters. The third-order valence-corrected chi connectivity index (χ3v) is 40.8. The van der Waals surface area contributed by atoms with Gasteiger partial charge in [0, 0.05) is 0 Å². The Balaban J connectivity index is 4.94. The maximum Gasteiger partial charge on any atom is 0.150 e. The van der Waals surface area contributed by atoms with Crippen LogP contribution in [-0.4, -0.2) is 123 Å². The SMILES string of the molecule is C=C(C)COCCO[SiH2][Si]([SiH2]OCCOCC(=C)C)([SiH2]OCCOCC(=C)C)[SiH2]OCCOCC(=C)C. The molecule has 0 aromatic heterocycles. The second-order valence-corrected chi connectivity index (χ2v) is 55.0. The van der Waals surface area contributed by atoms with Crippen LogP contribution < -0.4 is 0 Å².